The molecule has 2 aliphatic rings. The quantitative estimate of drug-likeness (QED) is 0.552. The highest BCUT2D eigenvalue weighted by molar-refractivity contribution is 5.59. The van der Waals surface area contributed by atoms with Crippen molar-refractivity contribution in [2.24, 2.45) is 5.92 Å². The Bertz CT molecular complexity index is 1100. The molecule has 3 atom stereocenters. The Labute approximate surface area is 187 Å². The zero-order valence-corrected chi connectivity index (χ0v) is 18.3. The molecule has 2 aliphatic heterocycles. The number of anilines is 1. The van der Waals surface area contributed by atoms with Crippen LogP contribution in [-0.2, 0) is 0 Å². The van der Waals surface area contributed by atoms with Crippen molar-refractivity contribution < 1.29 is 23.7 Å². The van der Waals surface area contributed by atoms with Crippen LogP contribution in [0.1, 0.15) is 24.0 Å². The second kappa shape index (κ2) is 8.51. The summed E-state index contributed by atoms with van der Waals surface area (Å²) in [4.78, 5) is 0. The minimum atomic E-state index is -0.316. The van der Waals surface area contributed by atoms with Crippen LogP contribution in [0, 0.1) is 5.92 Å². The summed E-state index contributed by atoms with van der Waals surface area (Å²) < 4.78 is 29.0. The van der Waals surface area contributed by atoms with E-state index < -0.39 is 0 Å². The molecule has 0 saturated carbocycles. The van der Waals surface area contributed by atoms with Crippen LogP contribution in [0.3, 0.4) is 0 Å². The second-order valence-corrected chi connectivity index (χ2v) is 7.84. The number of nitrogens with one attached hydrogen (secondary N) is 2. The maximum atomic E-state index is 6.39. The fraction of sp³-hybridized carbons (Fsp3) is 0.280. The van der Waals surface area contributed by atoms with E-state index in [2.05, 4.69) is 23.8 Å². The Morgan fingerprint density at radius 2 is 1.62 bits per heavy atom. The molecule has 0 radical (unpaired) electrons. The molecule has 166 valence electrons. The van der Waals surface area contributed by atoms with Crippen LogP contribution in [0.25, 0.3) is 0 Å². The zero-order chi connectivity index (χ0) is 22.1. The average molecular weight is 434 g/mol. The van der Waals surface area contributed by atoms with Crippen LogP contribution in [0.4, 0.5) is 5.69 Å². The number of hydrazine groups is 1. The van der Waals surface area contributed by atoms with Gasteiger partial charge in [0.2, 0.25) is 6.79 Å². The number of methoxy groups -OCH3 is 2. The van der Waals surface area contributed by atoms with Crippen molar-refractivity contribution in [2.45, 2.75) is 19.1 Å². The third-order valence-corrected chi connectivity index (χ3v) is 6.00. The number of para-hydroxylation sites is 2. The third kappa shape index (κ3) is 3.54. The first-order valence-corrected chi connectivity index (χ1v) is 10.6. The summed E-state index contributed by atoms with van der Waals surface area (Å²) in [5.74, 6) is 3.57. The lowest BCUT2D eigenvalue weighted by atomic mass is 9.78. The molecule has 3 aromatic carbocycles. The Kier molecular flexibility index (Phi) is 5.41. The summed E-state index contributed by atoms with van der Waals surface area (Å²) in [5, 5.41) is 0. The van der Waals surface area contributed by atoms with Gasteiger partial charge in [-0.3, -0.25) is 0 Å². The summed E-state index contributed by atoms with van der Waals surface area (Å²) in [7, 11) is 3.31. The van der Waals surface area contributed by atoms with E-state index in [0.29, 0.717) is 17.2 Å². The third-order valence-electron chi connectivity index (χ3n) is 6.00. The largest absolute Gasteiger partial charge is 0.493 e. The van der Waals surface area contributed by atoms with Crippen molar-refractivity contribution >= 4 is 5.69 Å². The van der Waals surface area contributed by atoms with Gasteiger partial charge in [-0.1, -0.05) is 37.3 Å². The van der Waals surface area contributed by atoms with Crippen molar-refractivity contribution in [3.05, 3.63) is 71.8 Å². The van der Waals surface area contributed by atoms with Gasteiger partial charge in [-0.15, -0.1) is 0 Å². The lowest BCUT2D eigenvalue weighted by Gasteiger charge is -2.39. The summed E-state index contributed by atoms with van der Waals surface area (Å²) in [6, 6.07) is 19.8. The van der Waals surface area contributed by atoms with Gasteiger partial charge in [-0.05, 0) is 24.3 Å². The van der Waals surface area contributed by atoms with Gasteiger partial charge in [0.1, 0.15) is 5.75 Å². The van der Waals surface area contributed by atoms with Gasteiger partial charge in [-0.2, -0.15) is 5.43 Å². The van der Waals surface area contributed by atoms with Crippen molar-refractivity contribution in [1.82, 2.24) is 5.43 Å². The van der Waals surface area contributed by atoms with Gasteiger partial charge in [0.15, 0.2) is 29.2 Å². The molecule has 7 nitrogen and oxygen atoms in total. The molecule has 0 spiro atoms. The van der Waals surface area contributed by atoms with E-state index >= 15 is 0 Å². The van der Waals surface area contributed by atoms with E-state index in [1.807, 2.05) is 54.6 Å². The predicted octanol–water partition coefficient (Wildman–Crippen LogP) is 4.54. The van der Waals surface area contributed by atoms with Gasteiger partial charge in [0.05, 0.1) is 14.2 Å². The highest BCUT2D eigenvalue weighted by atomic mass is 16.7. The molecule has 0 unspecified atom stereocenters. The number of hydrogen-bond acceptors (Lipinski definition) is 7. The maximum absolute atomic E-state index is 6.39. The summed E-state index contributed by atoms with van der Waals surface area (Å²) >= 11 is 0. The normalized spacial score (nSPS) is 20.8. The molecule has 0 fully saturated rings. The minimum Gasteiger partial charge on any atom is -0.493 e. The van der Waals surface area contributed by atoms with Crippen molar-refractivity contribution in [1.29, 1.82) is 0 Å². The Morgan fingerprint density at radius 3 is 2.38 bits per heavy atom. The maximum Gasteiger partial charge on any atom is 0.231 e. The predicted molar refractivity (Wildman–Crippen MR) is 121 cm³/mol. The van der Waals surface area contributed by atoms with Crippen LogP contribution < -0.4 is 34.5 Å². The molecular weight excluding hydrogens is 408 g/mol. The van der Waals surface area contributed by atoms with Gasteiger partial charge in [-0.25, -0.2) is 0 Å². The molecule has 32 heavy (non-hydrogen) atoms. The number of rotatable bonds is 6. The van der Waals surface area contributed by atoms with Crippen LogP contribution in [-0.4, -0.2) is 27.2 Å². The Morgan fingerprint density at radius 1 is 0.844 bits per heavy atom. The SMILES string of the molecule is COc1cccc([C@H]2c3cc4c(cc3O[C@H](NNc3ccccc3)[C@@H]2C)OCO4)c1OC. The molecule has 3 aromatic rings. The first kappa shape index (κ1) is 20.3. The topological polar surface area (TPSA) is 70.2 Å². The molecule has 5 rings (SSSR count). The fourth-order valence-corrected chi connectivity index (χ4v) is 4.43. The first-order valence-electron chi connectivity index (χ1n) is 10.6. The van der Waals surface area contributed by atoms with E-state index in [9.17, 15) is 0 Å². The molecule has 0 aliphatic carbocycles. The molecule has 2 heterocycles. The minimum absolute atomic E-state index is 0.0339. The van der Waals surface area contributed by atoms with Crippen LogP contribution in [0.2, 0.25) is 0 Å². The standard InChI is InChI=1S/C25H26N2O5/c1-15-23(17-10-7-11-19(28-2)24(17)29-3)18-12-21-22(31-14-30-21)13-20(18)32-25(15)27-26-16-8-5-4-6-9-16/h4-13,15,23,25-27H,14H2,1-3H3/t15-,23+,25+/m1/s1. The van der Waals surface area contributed by atoms with Gasteiger partial charge in [0, 0.05) is 34.7 Å². The summed E-state index contributed by atoms with van der Waals surface area (Å²) in [6.07, 6.45) is -0.316. The average Bonchev–Trinajstić information content (AvgIpc) is 3.29. The van der Waals surface area contributed by atoms with Gasteiger partial charge in [0.25, 0.3) is 0 Å². The Hall–Kier alpha value is -3.58. The Balaban J connectivity index is 1.57. The molecule has 0 aromatic heterocycles. The van der Waals surface area contributed by atoms with Crippen molar-refractivity contribution in [2.75, 3.05) is 26.4 Å². The summed E-state index contributed by atoms with van der Waals surface area (Å²) in [6.45, 7) is 2.36. The molecule has 7 heteroatoms. The van der Waals surface area contributed by atoms with Crippen LogP contribution >= 0.6 is 0 Å². The van der Waals surface area contributed by atoms with Gasteiger partial charge < -0.3 is 29.1 Å². The fourth-order valence-electron chi connectivity index (χ4n) is 4.43. The van der Waals surface area contributed by atoms with E-state index in [1.165, 1.54) is 0 Å². The molecule has 0 saturated heterocycles. The highest BCUT2D eigenvalue weighted by Crippen LogP contribution is 2.51. The van der Waals surface area contributed by atoms with Crippen LogP contribution in [0.15, 0.2) is 60.7 Å². The number of ether oxygens (including phenoxy) is 5. The van der Waals surface area contributed by atoms with Gasteiger partial charge >= 0.3 is 0 Å². The molecular formula is C25H26N2O5. The van der Waals surface area contributed by atoms with E-state index in [0.717, 1.165) is 28.3 Å². The van der Waals surface area contributed by atoms with Crippen molar-refractivity contribution in [3.63, 3.8) is 0 Å². The highest BCUT2D eigenvalue weighted by Gasteiger charge is 2.40. The second-order valence-electron chi connectivity index (χ2n) is 7.84. The number of fused-ring (bicyclic) bond motifs is 2. The zero-order valence-electron chi connectivity index (χ0n) is 18.3. The summed E-state index contributed by atoms with van der Waals surface area (Å²) in [5.41, 5.74) is 9.61. The molecule has 0 amide bonds. The van der Waals surface area contributed by atoms with Crippen LogP contribution in [0.5, 0.6) is 28.7 Å². The smallest absolute Gasteiger partial charge is 0.231 e. The lowest BCUT2D eigenvalue weighted by Crippen LogP contribution is -2.47. The van der Waals surface area contributed by atoms with Crippen molar-refractivity contribution in [3.8, 4) is 28.7 Å². The molecule has 2 N–H and O–H groups in total. The van der Waals surface area contributed by atoms with E-state index in [4.69, 9.17) is 23.7 Å². The number of benzene rings is 3. The monoisotopic (exact) mass is 434 g/mol. The van der Waals surface area contributed by atoms with E-state index in [1.54, 1.807) is 14.2 Å². The molecule has 0 bridgehead atoms. The van der Waals surface area contributed by atoms with E-state index in [-0.39, 0.29) is 24.9 Å². The lowest BCUT2D eigenvalue weighted by molar-refractivity contribution is 0.0857. The number of hydrogen-bond donors (Lipinski definition) is 2. The first-order chi connectivity index (χ1) is 15.7.